The second kappa shape index (κ2) is 9.92. The average molecular weight is 440 g/mol. The maximum atomic E-state index is 4.61. The fourth-order valence-electron chi connectivity index (χ4n) is 4.22. The van der Waals surface area contributed by atoms with Crippen molar-refractivity contribution in [2.24, 2.45) is 0 Å². The van der Waals surface area contributed by atoms with Crippen LogP contribution in [-0.2, 0) is 0 Å². The molecule has 170 valence electrons. The molecule has 0 amide bonds. The third-order valence-corrected chi connectivity index (χ3v) is 6.29. The molecule has 1 fully saturated rings. The van der Waals surface area contributed by atoms with Gasteiger partial charge in [-0.15, -0.1) is 0 Å². The summed E-state index contributed by atoms with van der Waals surface area (Å²) in [6.07, 6.45) is 5.82. The Morgan fingerprint density at radius 1 is 1.03 bits per heavy atom. The molecule has 0 saturated carbocycles. The van der Waals surface area contributed by atoms with Gasteiger partial charge in [0, 0.05) is 61.9 Å². The predicted octanol–water partition coefficient (Wildman–Crippen LogP) is 5.51. The first kappa shape index (κ1) is 22.6. The first-order valence-electron chi connectivity index (χ1n) is 11.4. The van der Waals surface area contributed by atoms with Crippen LogP contribution in [0.2, 0.25) is 0 Å². The minimum Gasteiger partial charge on any atom is -0.369 e. The molecule has 33 heavy (non-hydrogen) atoms. The van der Waals surface area contributed by atoms with E-state index in [0.29, 0.717) is 0 Å². The summed E-state index contributed by atoms with van der Waals surface area (Å²) in [5.41, 5.74) is 5.41. The first-order valence-corrected chi connectivity index (χ1v) is 11.4. The summed E-state index contributed by atoms with van der Waals surface area (Å²) in [4.78, 5) is 11.4. The van der Waals surface area contributed by atoms with Gasteiger partial charge in [0.05, 0.1) is 0 Å². The molecule has 0 bridgehead atoms. The monoisotopic (exact) mass is 439 g/mol. The summed E-state index contributed by atoms with van der Waals surface area (Å²) in [6.45, 7) is 14.5. The highest BCUT2D eigenvalue weighted by Crippen LogP contribution is 2.27. The number of nitrogens with zero attached hydrogens (tertiary/aromatic N) is 4. The Morgan fingerprint density at radius 3 is 2.55 bits per heavy atom. The van der Waals surface area contributed by atoms with Gasteiger partial charge in [-0.2, -0.15) is 0 Å². The molecule has 1 aliphatic rings. The largest absolute Gasteiger partial charge is 0.369 e. The number of nitrogens with one attached hydrogen (secondary N) is 1. The number of aromatic nitrogens is 1. The molecular formula is C28H33N5. The van der Waals surface area contributed by atoms with Gasteiger partial charge >= 0.3 is 0 Å². The summed E-state index contributed by atoms with van der Waals surface area (Å²) >= 11 is 0. The fourth-order valence-corrected chi connectivity index (χ4v) is 4.22. The summed E-state index contributed by atoms with van der Waals surface area (Å²) < 4.78 is 0. The van der Waals surface area contributed by atoms with Crippen molar-refractivity contribution >= 4 is 33.7 Å². The zero-order valence-electron chi connectivity index (χ0n) is 19.9. The summed E-state index contributed by atoms with van der Waals surface area (Å²) in [6, 6.07) is 17.1. The second-order valence-electron chi connectivity index (χ2n) is 8.54. The summed E-state index contributed by atoms with van der Waals surface area (Å²) in [5.74, 6) is 0.786. The highest BCUT2D eigenvalue weighted by molar-refractivity contribution is 5.88. The molecule has 1 aliphatic heterocycles. The van der Waals surface area contributed by atoms with Gasteiger partial charge in [0.15, 0.2) is 0 Å². The number of fused-ring (bicyclic) bond motifs is 1. The van der Waals surface area contributed by atoms with Crippen LogP contribution in [0.1, 0.15) is 18.1 Å². The van der Waals surface area contributed by atoms with E-state index in [1.807, 2.05) is 31.3 Å². The predicted molar refractivity (Wildman–Crippen MR) is 142 cm³/mol. The Hall–Kier alpha value is -3.57. The number of hydrogen-bond donors (Lipinski definition) is 1. The maximum absolute atomic E-state index is 4.61. The molecule has 1 saturated heterocycles. The van der Waals surface area contributed by atoms with E-state index >= 15 is 0 Å². The Kier molecular flexibility index (Phi) is 6.80. The standard InChI is InChI=1S/C28H33N5/c1-6-27(32(5)7-2)23-11-12-24-20-29-28(19-25(24)17-23)30-21(3)22-9-8-10-26(18-22)33-15-13-31(4)14-16-33/h6-12,17-20H,2-3,13-16H2,1,4-5H3,(H,29,30)/b27-6-. The van der Waals surface area contributed by atoms with E-state index < -0.39 is 0 Å². The number of piperazine rings is 1. The van der Waals surface area contributed by atoms with E-state index in [1.165, 1.54) is 5.69 Å². The van der Waals surface area contributed by atoms with Gasteiger partial charge in [-0.1, -0.05) is 43.5 Å². The van der Waals surface area contributed by atoms with Crippen LogP contribution in [0.25, 0.3) is 22.2 Å². The molecule has 0 atom stereocenters. The zero-order valence-corrected chi connectivity index (χ0v) is 19.9. The Bertz CT molecular complexity index is 1190. The van der Waals surface area contributed by atoms with Crippen molar-refractivity contribution in [3.63, 3.8) is 0 Å². The van der Waals surface area contributed by atoms with E-state index in [-0.39, 0.29) is 0 Å². The van der Waals surface area contributed by atoms with Crippen molar-refractivity contribution in [3.05, 3.63) is 91.3 Å². The van der Waals surface area contributed by atoms with Gasteiger partial charge in [0.2, 0.25) is 0 Å². The molecule has 0 unspecified atom stereocenters. The smallest absolute Gasteiger partial charge is 0.130 e. The van der Waals surface area contributed by atoms with E-state index in [2.05, 4.69) is 94.9 Å². The number of anilines is 2. The third kappa shape index (κ3) is 5.10. The molecule has 1 N–H and O–H groups in total. The molecule has 5 nitrogen and oxygen atoms in total. The molecule has 1 aromatic heterocycles. The van der Waals surface area contributed by atoms with Crippen molar-refractivity contribution in [2.75, 3.05) is 50.5 Å². The lowest BCUT2D eigenvalue weighted by Crippen LogP contribution is -2.44. The van der Waals surface area contributed by atoms with Gasteiger partial charge in [0.25, 0.3) is 0 Å². The molecule has 5 heteroatoms. The van der Waals surface area contributed by atoms with Crippen LogP contribution < -0.4 is 10.2 Å². The van der Waals surface area contributed by atoms with Crippen LogP contribution in [0.3, 0.4) is 0 Å². The lowest BCUT2D eigenvalue weighted by molar-refractivity contribution is 0.313. The SMILES string of the molecule is C=CN(C)/C(=C\C)c1ccc2cnc(NC(=C)c3cccc(N4CCN(C)CC4)c3)cc2c1. The lowest BCUT2D eigenvalue weighted by atomic mass is 10.1. The van der Waals surface area contributed by atoms with Gasteiger partial charge in [-0.25, -0.2) is 4.98 Å². The molecule has 4 rings (SSSR count). The Balaban J connectivity index is 1.54. The Morgan fingerprint density at radius 2 is 1.82 bits per heavy atom. The number of rotatable bonds is 7. The number of likely N-dealkylation sites (N-methyl/N-ethyl adjacent to an activating group) is 1. The normalized spacial score (nSPS) is 14.9. The van der Waals surface area contributed by atoms with Gasteiger partial charge in [0.1, 0.15) is 5.82 Å². The average Bonchev–Trinajstić information content (AvgIpc) is 2.84. The third-order valence-electron chi connectivity index (χ3n) is 6.29. The molecule has 2 aromatic carbocycles. The topological polar surface area (TPSA) is 34.6 Å². The van der Waals surface area contributed by atoms with E-state index in [1.54, 1.807) is 0 Å². The molecule has 0 spiro atoms. The fraction of sp³-hybridized carbons (Fsp3) is 0.250. The number of pyridine rings is 1. The Labute approximate surface area is 197 Å². The highest BCUT2D eigenvalue weighted by Gasteiger charge is 2.15. The van der Waals surface area contributed by atoms with Crippen molar-refractivity contribution in [3.8, 4) is 0 Å². The molecule has 3 aromatic rings. The highest BCUT2D eigenvalue weighted by atomic mass is 15.2. The van der Waals surface area contributed by atoms with Crippen molar-refractivity contribution in [1.82, 2.24) is 14.8 Å². The number of allylic oxidation sites excluding steroid dienone is 1. The van der Waals surface area contributed by atoms with Crippen LogP contribution >= 0.6 is 0 Å². The molecule has 2 heterocycles. The van der Waals surface area contributed by atoms with Crippen molar-refractivity contribution < 1.29 is 0 Å². The van der Waals surface area contributed by atoms with Gasteiger partial charge in [-0.3, -0.25) is 0 Å². The molecule has 0 aliphatic carbocycles. The van der Waals surface area contributed by atoms with Gasteiger partial charge in [-0.05, 0) is 60.9 Å². The van der Waals surface area contributed by atoms with Crippen LogP contribution in [0.15, 0.2) is 80.2 Å². The van der Waals surface area contributed by atoms with E-state index in [4.69, 9.17) is 0 Å². The molecule has 0 radical (unpaired) electrons. The number of benzene rings is 2. The lowest BCUT2D eigenvalue weighted by Gasteiger charge is -2.34. The summed E-state index contributed by atoms with van der Waals surface area (Å²) in [7, 11) is 4.18. The van der Waals surface area contributed by atoms with Gasteiger partial charge < -0.3 is 20.0 Å². The van der Waals surface area contributed by atoms with Crippen LogP contribution in [-0.4, -0.2) is 55.1 Å². The van der Waals surface area contributed by atoms with Crippen molar-refractivity contribution in [2.45, 2.75) is 6.92 Å². The first-order chi connectivity index (χ1) is 16.0. The van der Waals surface area contributed by atoms with Crippen LogP contribution in [0.5, 0.6) is 0 Å². The van der Waals surface area contributed by atoms with Crippen molar-refractivity contribution in [1.29, 1.82) is 0 Å². The van der Waals surface area contributed by atoms with Crippen LogP contribution in [0, 0.1) is 0 Å². The van der Waals surface area contributed by atoms with E-state index in [9.17, 15) is 0 Å². The van der Waals surface area contributed by atoms with Crippen LogP contribution in [0.4, 0.5) is 11.5 Å². The maximum Gasteiger partial charge on any atom is 0.130 e. The van der Waals surface area contributed by atoms with E-state index in [0.717, 1.165) is 65.3 Å². The second-order valence-corrected chi connectivity index (χ2v) is 8.54. The minimum absolute atomic E-state index is 0.786. The molecular weight excluding hydrogens is 406 g/mol. The zero-order chi connectivity index (χ0) is 23.4. The quantitative estimate of drug-likeness (QED) is 0.525. The number of hydrogen-bond acceptors (Lipinski definition) is 5. The summed E-state index contributed by atoms with van der Waals surface area (Å²) in [5, 5.41) is 5.64. The minimum atomic E-state index is 0.786.